The second kappa shape index (κ2) is 6.87. The Hall–Kier alpha value is -1.38. The lowest BCUT2D eigenvalue weighted by Crippen LogP contribution is -2.21. The van der Waals surface area contributed by atoms with Crippen LogP contribution in [-0.2, 0) is 6.42 Å². The molecule has 0 saturated carbocycles. The second-order valence-corrected chi connectivity index (χ2v) is 5.37. The van der Waals surface area contributed by atoms with Crippen LogP contribution in [0.2, 0.25) is 5.02 Å². The fraction of sp³-hybridized carbons (Fsp3) is 0.294. The highest BCUT2D eigenvalue weighted by atomic mass is 35.5. The average Bonchev–Trinajstić information content (AvgIpc) is 2.44. The van der Waals surface area contributed by atoms with Crippen LogP contribution < -0.4 is 0 Å². The van der Waals surface area contributed by atoms with E-state index in [1.165, 1.54) is 6.07 Å². The minimum atomic E-state index is -0.613. The van der Waals surface area contributed by atoms with Gasteiger partial charge in [0.05, 0.1) is 6.10 Å². The number of rotatable bonds is 5. The first kappa shape index (κ1) is 15.0. The third kappa shape index (κ3) is 3.59. The van der Waals surface area contributed by atoms with Crippen molar-refractivity contribution in [1.82, 2.24) is 0 Å². The smallest absolute Gasteiger partial charge is 0.127 e. The van der Waals surface area contributed by atoms with Crippen LogP contribution in [0.1, 0.15) is 30.4 Å². The molecule has 0 aliphatic carbocycles. The lowest BCUT2D eigenvalue weighted by Gasteiger charge is -2.22. The number of halogens is 2. The molecule has 0 aromatic heterocycles. The molecule has 0 saturated heterocycles. The highest BCUT2D eigenvalue weighted by molar-refractivity contribution is 6.30. The molecule has 0 heterocycles. The average molecular weight is 293 g/mol. The maximum atomic E-state index is 13.8. The molecule has 0 aliphatic heterocycles. The van der Waals surface area contributed by atoms with Crippen molar-refractivity contribution >= 4 is 11.6 Å². The highest BCUT2D eigenvalue weighted by Gasteiger charge is 2.20. The van der Waals surface area contributed by atoms with Gasteiger partial charge in [0.1, 0.15) is 5.82 Å². The van der Waals surface area contributed by atoms with Crippen molar-refractivity contribution in [3.05, 3.63) is 70.5 Å². The summed E-state index contributed by atoms with van der Waals surface area (Å²) in [6, 6.07) is 14.4. The van der Waals surface area contributed by atoms with Crippen molar-refractivity contribution in [1.29, 1.82) is 0 Å². The van der Waals surface area contributed by atoms with Crippen molar-refractivity contribution in [3.8, 4) is 0 Å². The summed E-state index contributed by atoms with van der Waals surface area (Å²) in [7, 11) is 0. The maximum absolute atomic E-state index is 13.8. The van der Waals surface area contributed by atoms with E-state index >= 15 is 0 Å². The van der Waals surface area contributed by atoms with E-state index in [0.717, 1.165) is 12.0 Å². The summed E-state index contributed by atoms with van der Waals surface area (Å²) in [6.07, 6.45) is 0.481. The first-order valence-corrected chi connectivity index (χ1v) is 7.16. The Morgan fingerprint density at radius 3 is 2.45 bits per heavy atom. The number of aliphatic hydroxyl groups excluding tert-OH is 1. The van der Waals surface area contributed by atoms with E-state index in [1.807, 2.05) is 37.3 Å². The van der Waals surface area contributed by atoms with E-state index in [0.29, 0.717) is 10.6 Å². The van der Waals surface area contributed by atoms with Crippen LogP contribution in [0.15, 0.2) is 48.5 Å². The zero-order valence-corrected chi connectivity index (χ0v) is 12.1. The standard InChI is InChI=1S/C17H18ClFO/c1-2-15(12-6-4-3-5-7-12)17(20)10-13-8-9-14(18)11-16(13)19/h3-9,11,15,17,20H,2,10H2,1H3. The van der Waals surface area contributed by atoms with Crippen LogP contribution in [0.3, 0.4) is 0 Å². The predicted molar refractivity (Wildman–Crippen MR) is 80.6 cm³/mol. The van der Waals surface area contributed by atoms with Crippen LogP contribution >= 0.6 is 11.6 Å². The Labute approximate surface area is 124 Å². The van der Waals surface area contributed by atoms with E-state index in [-0.39, 0.29) is 18.2 Å². The van der Waals surface area contributed by atoms with E-state index < -0.39 is 6.10 Å². The summed E-state index contributed by atoms with van der Waals surface area (Å²) < 4.78 is 13.8. The van der Waals surface area contributed by atoms with Crippen LogP contribution in [0.4, 0.5) is 4.39 Å². The molecule has 2 aromatic carbocycles. The van der Waals surface area contributed by atoms with Crippen LogP contribution in [0, 0.1) is 5.82 Å². The second-order valence-electron chi connectivity index (χ2n) is 4.93. The molecule has 3 heteroatoms. The van der Waals surface area contributed by atoms with Gasteiger partial charge >= 0.3 is 0 Å². The van der Waals surface area contributed by atoms with Crippen molar-refractivity contribution in [2.75, 3.05) is 0 Å². The van der Waals surface area contributed by atoms with Gasteiger partial charge in [-0.25, -0.2) is 4.39 Å². The third-order valence-electron chi connectivity index (χ3n) is 3.58. The van der Waals surface area contributed by atoms with Gasteiger partial charge in [-0.3, -0.25) is 0 Å². The zero-order chi connectivity index (χ0) is 14.5. The number of aliphatic hydroxyl groups is 1. The van der Waals surface area contributed by atoms with Gasteiger partial charge in [0.15, 0.2) is 0 Å². The third-order valence-corrected chi connectivity index (χ3v) is 3.81. The van der Waals surface area contributed by atoms with Crippen LogP contribution in [0.5, 0.6) is 0 Å². The van der Waals surface area contributed by atoms with Gasteiger partial charge in [-0.2, -0.15) is 0 Å². The van der Waals surface area contributed by atoms with Crippen molar-refractivity contribution in [2.45, 2.75) is 31.8 Å². The molecule has 0 spiro atoms. The molecule has 2 rings (SSSR count). The summed E-state index contributed by atoms with van der Waals surface area (Å²) in [6.45, 7) is 2.03. The fourth-order valence-corrected chi connectivity index (χ4v) is 2.64. The normalized spacial score (nSPS) is 14.0. The summed E-state index contributed by atoms with van der Waals surface area (Å²) in [5, 5.41) is 10.8. The summed E-state index contributed by atoms with van der Waals surface area (Å²) in [4.78, 5) is 0. The van der Waals surface area contributed by atoms with Gasteiger partial charge in [-0.05, 0) is 29.7 Å². The van der Waals surface area contributed by atoms with E-state index in [2.05, 4.69) is 0 Å². The molecule has 0 radical (unpaired) electrons. The van der Waals surface area contributed by atoms with E-state index in [4.69, 9.17) is 11.6 Å². The largest absolute Gasteiger partial charge is 0.392 e. The van der Waals surface area contributed by atoms with Crippen molar-refractivity contribution in [3.63, 3.8) is 0 Å². The Morgan fingerprint density at radius 1 is 1.15 bits per heavy atom. The molecule has 2 aromatic rings. The Morgan fingerprint density at radius 2 is 1.85 bits per heavy atom. The minimum absolute atomic E-state index is 0.00581. The zero-order valence-electron chi connectivity index (χ0n) is 11.4. The molecule has 0 bridgehead atoms. The van der Waals surface area contributed by atoms with Gasteiger partial charge in [0, 0.05) is 17.4 Å². The minimum Gasteiger partial charge on any atom is -0.392 e. The van der Waals surface area contributed by atoms with Gasteiger partial charge in [-0.15, -0.1) is 0 Å². The van der Waals surface area contributed by atoms with Crippen LogP contribution in [0.25, 0.3) is 0 Å². The van der Waals surface area contributed by atoms with E-state index in [1.54, 1.807) is 12.1 Å². The Bertz CT molecular complexity index is 556. The first-order valence-electron chi connectivity index (χ1n) is 6.78. The molecule has 0 fully saturated rings. The fourth-order valence-electron chi connectivity index (χ4n) is 2.48. The number of hydrogen-bond acceptors (Lipinski definition) is 1. The molecular weight excluding hydrogens is 275 g/mol. The first-order chi connectivity index (χ1) is 9.61. The molecule has 20 heavy (non-hydrogen) atoms. The lowest BCUT2D eigenvalue weighted by molar-refractivity contribution is 0.139. The molecule has 0 amide bonds. The molecule has 1 N–H and O–H groups in total. The van der Waals surface area contributed by atoms with Crippen molar-refractivity contribution in [2.24, 2.45) is 0 Å². The predicted octanol–water partition coefficient (Wildman–Crippen LogP) is 4.58. The highest BCUT2D eigenvalue weighted by Crippen LogP contribution is 2.26. The summed E-state index contributed by atoms with van der Waals surface area (Å²) in [5.74, 6) is -0.356. The van der Waals surface area contributed by atoms with Gasteiger partial charge in [0.2, 0.25) is 0 Å². The number of benzene rings is 2. The van der Waals surface area contributed by atoms with Gasteiger partial charge in [-0.1, -0.05) is 54.9 Å². The number of hydrogen-bond donors (Lipinski definition) is 1. The molecule has 2 atom stereocenters. The van der Waals surface area contributed by atoms with Crippen LogP contribution in [-0.4, -0.2) is 11.2 Å². The Balaban J connectivity index is 2.15. The maximum Gasteiger partial charge on any atom is 0.127 e. The van der Waals surface area contributed by atoms with Gasteiger partial charge < -0.3 is 5.11 Å². The monoisotopic (exact) mass is 292 g/mol. The molecule has 0 aliphatic rings. The molecule has 106 valence electrons. The summed E-state index contributed by atoms with van der Waals surface area (Å²) >= 11 is 5.74. The quantitative estimate of drug-likeness (QED) is 0.855. The molecule has 1 nitrogen and oxygen atoms in total. The lowest BCUT2D eigenvalue weighted by atomic mass is 9.87. The summed E-state index contributed by atoms with van der Waals surface area (Å²) in [5.41, 5.74) is 1.58. The van der Waals surface area contributed by atoms with Crippen molar-refractivity contribution < 1.29 is 9.50 Å². The SMILES string of the molecule is CCC(c1ccccc1)C(O)Cc1ccc(Cl)cc1F. The topological polar surface area (TPSA) is 20.2 Å². The van der Waals surface area contributed by atoms with E-state index in [9.17, 15) is 9.50 Å². The molecular formula is C17H18ClFO. The Kier molecular flexibility index (Phi) is 5.16. The van der Waals surface area contributed by atoms with Gasteiger partial charge in [0.25, 0.3) is 0 Å². The molecule has 2 unspecified atom stereocenters.